The molecule has 1 aliphatic rings. The first-order valence-electron chi connectivity index (χ1n) is 6.87. The monoisotopic (exact) mass is 306 g/mol. The van der Waals surface area contributed by atoms with E-state index in [2.05, 4.69) is 11.4 Å². The molecule has 0 bridgehead atoms. The maximum atomic E-state index is 11.9. The number of carbonyl (C=O) groups excluding carboxylic acids is 1. The Morgan fingerprint density at radius 2 is 1.90 bits per heavy atom. The largest absolute Gasteiger partial charge is 0.367 e. The summed E-state index contributed by atoms with van der Waals surface area (Å²) in [5, 5.41) is 13.5. The van der Waals surface area contributed by atoms with Crippen LogP contribution in [0.15, 0.2) is 24.3 Å². The fourth-order valence-electron chi connectivity index (χ4n) is 2.44. The standard InChI is InChI=1S/C15H19ClN4O/c1-19(2)14(21)20-9-7-15(11-17,8-10-20)18-13-5-3-12(16)4-6-13/h3-6,18H,7-10H2,1-2H3. The molecule has 112 valence electrons. The first kappa shape index (κ1) is 15.5. The second-order valence-corrected chi connectivity index (χ2v) is 5.93. The second kappa shape index (κ2) is 6.23. The van der Waals surface area contributed by atoms with Crippen LogP contribution in [0.3, 0.4) is 0 Å². The number of likely N-dealkylation sites (tertiary alicyclic amines) is 1. The lowest BCUT2D eigenvalue weighted by Gasteiger charge is -2.39. The molecule has 0 saturated carbocycles. The summed E-state index contributed by atoms with van der Waals surface area (Å²) in [7, 11) is 3.47. The van der Waals surface area contributed by atoms with Gasteiger partial charge in [-0.15, -0.1) is 0 Å². The van der Waals surface area contributed by atoms with Crippen molar-refractivity contribution in [3.63, 3.8) is 0 Å². The van der Waals surface area contributed by atoms with E-state index < -0.39 is 5.54 Å². The van der Waals surface area contributed by atoms with E-state index in [0.29, 0.717) is 31.0 Å². The van der Waals surface area contributed by atoms with Crippen molar-refractivity contribution in [2.45, 2.75) is 18.4 Å². The van der Waals surface area contributed by atoms with Crippen molar-refractivity contribution in [1.82, 2.24) is 9.80 Å². The molecule has 0 radical (unpaired) electrons. The van der Waals surface area contributed by atoms with Crippen LogP contribution in [0.2, 0.25) is 5.02 Å². The molecule has 0 spiro atoms. The normalized spacial score (nSPS) is 17.0. The molecule has 0 aliphatic carbocycles. The van der Waals surface area contributed by atoms with Crippen molar-refractivity contribution < 1.29 is 4.79 Å². The van der Waals surface area contributed by atoms with Crippen LogP contribution >= 0.6 is 11.6 Å². The SMILES string of the molecule is CN(C)C(=O)N1CCC(C#N)(Nc2ccc(Cl)cc2)CC1. The average Bonchev–Trinajstić information content (AvgIpc) is 2.49. The molecule has 0 aromatic heterocycles. The Morgan fingerprint density at radius 3 is 2.38 bits per heavy atom. The van der Waals surface area contributed by atoms with Crippen molar-refractivity contribution in [3.05, 3.63) is 29.3 Å². The van der Waals surface area contributed by atoms with Gasteiger partial charge in [0.1, 0.15) is 5.54 Å². The molecule has 21 heavy (non-hydrogen) atoms. The molecule has 2 amide bonds. The maximum Gasteiger partial charge on any atom is 0.319 e. The molecule has 2 rings (SSSR count). The molecule has 6 heteroatoms. The number of amides is 2. The van der Waals surface area contributed by atoms with Gasteiger partial charge in [0.2, 0.25) is 0 Å². The number of piperidine rings is 1. The minimum atomic E-state index is -0.628. The van der Waals surface area contributed by atoms with Gasteiger partial charge in [0.15, 0.2) is 0 Å². The van der Waals surface area contributed by atoms with Crippen molar-refractivity contribution in [3.8, 4) is 6.07 Å². The summed E-state index contributed by atoms with van der Waals surface area (Å²) in [5.41, 5.74) is 0.241. The lowest BCUT2D eigenvalue weighted by molar-refractivity contribution is 0.152. The zero-order valence-electron chi connectivity index (χ0n) is 12.3. The molecule has 1 aliphatic heterocycles. The predicted octanol–water partition coefficient (Wildman–Crippen LogP) is 2.79. The van der Waals surface area contributed by atoms with E-state index in [1.165, 1.54) is 0 Å². The highest BCUT2D eigenvalue weighted by Crippen LogP contribution is 2.27. The van der Waals surface area contributed by atoms with Crippen LogP contribution in [-0.4, -0.2) is 48.6 Å². The van der Waals surface area contributed by atoms with Crippen LogP contribution in [0, 0.1) is 11.3 Å². The third-order valence-electron chi connectivity index (χ3n) is 3.71. The van der Waals surface area contributed by atoms with E-state index >= 15 is 0 Å². The Bertz CT molecular complexity index is 542. The highest BCUT2D eigenvalue weighted by molar-refractivity contribution is 6.30. The molecule has 5 nitrogen and oxygen atoms in total. The highest BCUT2D eigenvalue weighted by atomic mass is 35.5. The zero-order chi connectivity index (χ0) is 15.5. The van der Waals surface area contributed by atoms with Gasteiger partial charge < -0.3 is 15.1 Å². The third-order valence-corrected chi connectivity index (χ3v) is 3.96. The van der Waals surface area contributed by atoms with Crippen LogP contribution in [-0.2, 0) is 0 Å². The Labute approximate surface area is 130 Å². The number of hydrogen-bond donors (Lipinski definition) is 1. The van der Waals surface area contributed by atoms with Gasteiger partial charge in [-0.2, -0.15) is 5.26 Å². The molecule has 1 fully saturated rings. The van der Waals surface area contributed by atoms with Crippen LogP contribution in [0.4, 0.5) is 10.5 Å². The first-order valence-corrected chi connectivity index (χ1v) is 7.25. The Balaban J connectivity index is 2.03. The van der Waals surface area contributed by atoms with E-state index in [1.54, 1.807) is 36.0 Å². The summed E-state index contributed by atoms with van der Waals surface area (Å²) in [6.07, 6.45) is 1.21. The number of nitriles is 1. The number of nitrogens with zero attached hydrogens (tertiary/aromatic N) is 3. The lowest BCUT2D eigenvalue weighted by Crippen LogP contribution is -2.52. The van der Waals surface area contributed by atoms with E-state index in [-0.39, 0.29) is 6.03 Å². The molecular weight excluding hydrogens is 288 g/mol. The van der Waals surface area contributed by atoms with Gasteiger partial charge in [-0.05, 0) is 24.3 Å². The first-order chi connectivity index (χ1) is 9.96. The van der Waals surface area contributed by atoms with Gasteiger partial charge in [0.05, 0.1) is 6.07 Å². The zero-order valence-corrected chi connectivity index (χ0v) is 13.0. The van der Waals surface area contributed by atoms with Gasteiger partial charge in [0.25, 0.3) is 0 Å². The summed E-state index contributed by atoms with van der Waals surface area (Å²) in [4.78, 5) is 15.3. The van der Waals surface area contributed by atoms with Crippen molar-refractivity contribution >= 4 is 23.3 Å². The molecule has 1 saturated heterocycles. The van der Waals surface area contributed by atoms with Crippen LogP contribution in [0.25, 0.3) is 0 Å². The molecule has 1 aromatic carbocycles. The smallest absolute Gasteiger partial charge is 0.319 e. The number of hydrogen-bond acceptors (Lipinski definition) is 3. The number of anilines is 1. The molecule has 0 unspecified atom stereocenters. The number of halogens is 1. The van der Waals surface area contributed by atoms with Gasteiger partial charge in [-0.3, -0.25) is 0 Å². The average molecular weight is 307 g/mol. The highest BCUT2D eigenvalue weighted by Gasteiger charge is 2.36. The van der Waals surface area contributed by atoms with Gasteiger partial charge >= 0.3 is 6.03 Å². The lowest BCUT2D eigenvalue weighted by atomic mass is 9.88. The fraction of sp³-hybridized carbons (Fsp3) is 0.467. The van der Waals surface area contributed by atoms with Gasteiger partial charge in [-0.1, -0.05) is 11.6 Å². The number of benzene rings is 1. The fourth-order valence-corrected chi connectivity index (χ4v) is 2.56. The van der Waals surface area contributed by atoms with Crippen LogP contribution < -0.4 is 5.32 Å². The molecule has 1 heterocycles. The summed E-state index contributed by atoms with van der Waals surface area (Å²) < 4.78 is 0. The van der Waals surface area contributed by atoms with Gasteiger partial charge in [-0.25, -0.2) is 4.79 Å². The molecule has 0 atom stereocenters. The second-order valence-electron chi connectivity index (χ2n) is 5.49. The summed E-state index contributed by atoms with van der Waals surface area (Å²) >= 11 is 5.86. The van der Waals surface area contributed by atoms with Crippen molar-refractivity contribution in [2.24, 2.45) is 0 Å². The van der Waals surface area contributed by atoms with E-state index in [0.717, 1.165) is 5.69 Å². The molecule has 1 aromatic rings. The number of nitrogens with one attached hydrogen (secondary N) is 1. The number of rotatable bonds is 2. The molecule has 1 N–H and O–H groups in total. The van der Waals surface area contributed by atoms with Crippen molar-refractivity contribution in [1.29, 1.82) is 5.26 Å². The van der Waals surface area contributed by atoms with Gasteiger partial charge in [0, 0.05) is 50.7 Å². The summed E-state index contributed by atoms with van der Waals surface area (Å²) in [6.45, 7) is 1.15. The van der Waals surface area contributed by atoms with E-state index in [4.69, 9.17) is 11.6 Å². The Kier molecular flexibility index (Phi) is 4.59. The maximum absolute atomic E-state index is 11.9. The summed E-state index contributed by atoms with van der Waals surface area (Å²) in [6, 6.07) is 9.67. The predicted molar refractivity (Wildman–Crippen MR) is 83.3 cm³/mol. The quantitative estimate of drug-likeness (QED) is 0.914. The Hall–Kier alpha value is -1.93. The van der Waals surface area contributed by atoms with Crippen LogP contribution in [0.5, 0.6) is 0 Å². The van der Waals surface area contributed by atoms with Crippen LogP contribution in [0.1, 0.15) is 12.8 Å². The molecular formula is C15H19ClN4O. The Morgan fingerprint density at radius 1 is 1.33 bits per heavy atom. The topological polar surface area (TPSA) is 59.4 Å². The van der Waals surface area contributed by atoms with E-state index in [9.17, 15) is 10.1 Å². The van der Waals surface area contributed by atoms with Crippen molar-refractivity contribution in [2.75, 3.05) is 32.5 Å². The van der Waals surface area contributed by atoms with E-state index in [1.807, 2.05) is 12.1 Å². The minimum Gasteiger partial charge on any atom is -0.367 e. The summed E-state index contributed by atoms with van der Waals surface area (Å²) in [5.74, 6) is 0. The number of urea groups is 1. The third kappa shape index (κ3) is 3.59. The number of carbonyl (C=O) groups is 1. The minimum absolute atomic E-state index is 0.00645.